The van der Waals surface area contributed by atoms with Crippen molar-refractivity contribution < 1.29 is 0 Å². The molecule has 27 heavy (non-hydrogen) atoms. The second kappa shape index (κ2) is 7.80. The molecule has 2 aromatic carbocycles. The van der Waals surface area contributed by atoms with Crippen LogP contribution in [0.4, 0.5) is 0 Å². The first-order chi connectivity index (χ1) is 13.2. The molecule has 0 unspecified atom stereocenters. The van der Waals surface area contributed by atoms with E-state index in [0.29, 0.717) is 0 Å². The van der Waals surface area contributed by atoms with Gasteiger partial charge in [0.15, 0.2) is 5.16 Å². The van der Waals surface area contributed by atoms with Crippen LogP contribution < -0.4 is 0 Å². The Morgan fingerprint density at radius 1 is 1.04 bits per heavy atom. The molecule has 0 aliphatic carbocycles. The van der Waals surface area contributed by atoms with E-state index in [1.807, 2.05) is 23.0 Å². The highest BCUT2D eigenvalue weighted by Crippen LogP contribution is 2.25. The zero-order valence-electron chi connectivity index (χ0n) is 15.4. The smallest absolute Gasteiger partial charge is 0.196 e. The van der Waals surface area contributed by atoms with Crippen LogP contribution in [-0.2, 0) is 12.3 Å². The molecular weight excluding hydrogens is 354 g/mol. The molecule has 4 aromatic rings. The minimum atomic E-state index is 0.740. The topological polar surface area (TPSA) is 48.5 Å². The maximum Gasteiger partial charge on any atom is 0.196 e. The van der Waals surface area contributed by atoms with Gasteiger partial charge in [-0.15, -0.1) is 10.2 Å². The molecule has 0 saturated heterocycles. The maximum absolute atomic E-state index is 4.53. The molecule has 2 heterocycles. The number of benzene rings is 2. The predicted octanol–water partition coefficient (Wildman–Crippen LogP) is 4.42. The van der Waals surface area contributed by atoms with E-state index in [9.17, 15) is 0 Å². The maximum atomic E-state index is 4.53. The van der Waals surface area contributed by atoms with Gasteiger partial charge in [0.1, 0.15) is 12.2 Å². The van der Waals surface area contributed by atoms with Crippen molar-refractivity contribution in [3.8, 4) is 5.69 Å². The van der Waals surface area contributed by atoms with Gasteiger partial charge in [0.05, 0.1) is 11.4 Å². The third-order valence-corrected chi connectivity index (χ3v) is 5.40. The number of aromatic nitrogens is 5. The molecule has 0 fully saturated rings. The molecule has 0 aliphatic heterocycles. The number of rotatable bonds is 6. The Morgan fingerprint density at radius 2 is 1.89 bits per heavy atom. The number of hydrogen-bond donors (Lipinski definition) is 0. The quantitative estimate of drug-likeness (QED) is 0.468. The second-order valence-electron chi connectivity index (χ2n) is 6.52. The lowest BCUT2D eigenvalue weighted by molar-refractivity contribution is 0.755. The minimum absolute atomic E-state index is 0.740. The number of imidazole rings is 1. The van der Waals surface area contributed by atoms with Crippen molar-refractivity contribution in [1.82, 2.24) is 24.3 Å². The summed E-state index contributed by atoms with van der Waals surface area (Å²) in [6.45, 7) is 5.04. The van der Waals surface area contributed by atoms with Crippen molar-refractivity contribution in [2.45, 2.75) is 31.3 Å². The monoisotopic (exact) mass is 375 g/mol. The lowest BCUT2D eigenvalue weighted by Gasteiger charge is -2.11. The molecule has 0 aliphatic rings. The van der Waals surface area contributed by atoms with E-state index in [4.69, 9.17) is 0 Å². The van der Waals surface area contributed by atoms with Crippen molar-refractivity contribution in [2.24, 2.45) is 0 Å². The molecule has 5 nitrogen and oxygen atoms in total. The molecule has 4 rings (SSSR count). The van der Waals surface area contributed by atoms with Gasteiger partial charge in [0.2, 0.25) is 0 Å². The molecule has 0 spiro atoms. The van der Waals surface area contributed by atoms with E-state index in [0.717, 1.165) is 29.0 Å². The fourth-order valence-corrected chi connectivity index (χ4v) is 3.99. The first-order valence-corrected chi connectivity index (χ1v) is 9.83. The van der Waals surface area contributed by atoms with Crippen LogP contribution >= 0.6 is 11.8 Å². The summed E-state index contributed by atoms with van der Waals surface area (Å²) in [5, 5.41) is 9.30. The van der Waals surface area contributed by atoms with Crippen molar-refractivity contribution >= 4 is 11.8 Å². The highest BCUT2D eigenvalue weighted by Gasteiger charge is 2.12. The summed E-state index contributed by atoms with van der Waals surface area (Å²) < 4.78 is 4.23. The van der Waals surface area contributed by atoms with Crippen molar-refractivity contribution in [1.29, 1.82) is 0 Å². The van der Waals surface area contributed by atoms with E-state index in [2.05, 4.69) is 76.1 Å². The first kappa shape index (κ1) is 17.5. The van der Waals surface area contributed by atoms with Crippen LogP contribution in [0.2, 0.25) is 0 Å². The third kappa shape index (κ3) is 3.95. The molecule has 0 N–H and O–H groups in total. The van der Waals surface area contributed by atoms with Crippen LogP contribution in [0, 0.1) is 13.8 Å². The second-order valence-corrected chi connectivity index (χ2v) is 7.46. The molecule has 0 bridgehead atoms. The van der Waals surface area contributed by atoms with Gasteiger partial charge in [-0.2, -0.15) is 0 Å². The van der Waals surface area contributed by atoms with Gasteiger partial charge in [-0.1, -0.05) is 59.8 Å². The summed E-state index contributed by atoms with van der Waals surface area (Å²) in [6.07, 6.45) is 5.65. The Morgan fingerprint density at radius 3 is 2.70 bits per heavy atom. The SMILES string of the molecule is Cc1ccc(-n2cnnc2SCc2nccn2Cc2ccccc2)c(C)c1. The fourth-order valence-electron chi connectivity index (χ4n) is 3.10. The number of aryl methyl sites for hydroxylation is 2. The van der Waals surface area contributed by atoms with Gasteiger partial charge in [-0.25, -0.2) is 4.98 Å². The largest absolute Gasteiger partial charge is 0.330 e. The summed E-state index contributed by atoms with van der Waals surface area (Å²) in [7, 11) is 0. The standard InChI is InChI=1S/C21H21N5S/c1-16-8-9-19(17(2)12-16)26-15-23-24-21(26)27-14-20-22-10-11-25(20)13-18-6-4-3-5-7-18/h3-12,15H,13-14H2,1-2H3. The zero-order chi connectivity index (χ0) is 18.6. The molecule has 0 atom stereocenters. The Bertz CT molecular complexity index is 1040. The van der Waals surface area contributed by atoms with Gasteiger partial charge in [-0.3, -0.25) is 4.57 Å². The highest BCUT2D eigenvalue weighted by molar-refractivity contribution is 7.98. The highest BCUT2D eigenvalue weighted by atomic mass is 32.2. The van der Waals surface area contributed by atoms with E-state index in [1.165, 1.54) is 16.7 Å². The summed E-state index contributed by atoms with van der Waals surface area (Å²) >= 11 is 1.65. The van der Waals surface area contributed by atoms with E-state index in [1.54, 1.807) is 18.1 Å². The predicted molar refractivity (Wildman–Crippen MR) is 108 cm³/mol. The number of thioether (sulfide) groups is 1. The Balaban J connectivity index is 1.51. The van der Waals surface area contributed by atoms with Gasteiger partial charge in [-0.05, 0) is 31.0 Å². The summed E-state index contributed by atoms with van der Waals surface area (Å²) in [6, 6.07) is 16.8. The Kier molecular flexibility index (Phi) is 5.07. The van der Waals surface area contributed by atoms with Crippen molar-refractivity contribution in [2.75, 3.05) is 0 Å². The molecule has 6 heteroatoms. The normalized spacial score (nSPS) is 11.0. The van der Waals surface area contributed by atoms with Gasteiger partial charge < -0.3 is 4.57 Å². The third-order valence-electron chi connectivity index (χ3n) is 4.46. The average molecular weight is 376 g/mol. The molecule has 0 saturated carbocycles. The van der Waals surface area contributed by atoms with Crippen molar-refractivity contribution in [3.05, 3.63) is 89.8 Å². The average Bonchev–Trinajstić information content (AvgIpc) is 3.30. The Labute approximate surface area is 163 Å². The van der Waals surface area contributed by atoms with E-state index in [-0.39, 0.29) is 0 Å². The summed E-state index contributed by atoms with van der Waals surface area (Å²) in [5.74, 6) is 1.77. The molecule has 0 amide bonds. The van der Waals surface area contributed by atoms with Crippen LogP contribution in [0.3, 0.4) is 0 Å². The van der Waals surface area contributed by atoms with Crippen LogP contribution in [0.25, 0.3) is 5.69 Å². The van der Waals surface area contributed by atoms with Crippen LogP contribution in [-0.4, -0.2) is 24.3 Å². The van der Waals surface area contributed by atoms with Crippen molar-refractivity contribution in [3.63, 3.8) is 0 Å². The molecule has 2 aromatic heterocycles. The lowest BCUT2D eigenvalue weighted by Crippen LogP contribution is -2.04. The molecule has 136 valence electrons. The van der Waals surface area contributed by atoms with Crippen LogP contribution in [0.5, 0.6) is 0 Å². The first-order valence-electron chi connectivity index (χ1n) is 8.85. The molecule has 0 radical (unpaired) electrons. The fraction of sp³-hybridized carbons (Fsp3) is 0.190. The zero-order valence-corrected chi connectivity index (χ0v) is 16.2. The van der Waals surface area contributed by atoms with Gasteiger partial charge in [0, 0.05) is 18.9 Å². The van der Waals surface area contributed by atoms with Crippen LogP contribution in [0.1, 0.15) is 22.5 Å². The van der Waals surface area contributed by atoms with E-state index >= 15 is 0 Å². The number of nitrogens with zero attached hydrogens (tertiary/aromatic N) is 5. The lowest BCUT2D eigenvalue weighted by atomic mass is 10.1. The minimum Gasteiger partial charge on any atom is -0.330 e. The van der Waals surface area contributed by atoms with Gasteiger partial charge in [0.25, 0.3) is 0 Å². The Hall–Kier alpha value is -2.86. The van der Waals surface area contributed by atoms with E-state index < -0.39 is 0 Å². The van der Waals surface area contributed by atoms with Crippen LogP contribution in [0.15, 0.2) is 72.4 Å². The number of hydrogen-bond acceptors (Lipinski definition) is 4. The molecular formula is C21H21N5S. The van der Waals surface area contributed by atoms with Gasteiger partial charge >= 0.3 is 0 Å². The summed E-state index contributed by atoms with van der Waals surface area (Å²) in [4.78, 5) is 4.53. The summed E-state index contributed by atoms with van der Waals surface area (Å²) in [5.41, 5.74) is 4.84.